The summed E-state index contributed by atoms with van der Waals surface area (Å²) in [4.78, 5) is 11.6. The van der Waals surface area contributed by atoms with E-state index in [9.17, 15) is 4.79 Å². The van der Waals surface area contributed by atoms with Gasteiger partial charge in [0.2, 0.25) is 12.7 Å². The standard InChI is InChI=1S/C11H10ClNO3/c12-7-3-9-10(16-5-15-9)4-8(7)13-11(14)6-1-2-6/h3-4,6H,1-2,5H2,(H,13,14). The summed E-state index contributed by atoms with van der Waals surface area (Å²) in [7, 11) is 0. The van der Waals surface area contributed by atoms with Crippen molar-refractivity contribution in [2.45, 2.75) is 12.8 Å². The highest BCUT2D eigenvalue weighted by atomic mass is 35.5. The molecule has 1 fully saturated rings. The fourth-order valence-corrected chi connectivity index (χ4v) is 1.79. The van der Waals surface area contributed by atoms with Crippen LogP contribution in [0.5, 0.6) is 11.5 Å². The van der Waals surface area contributed by atoms with E-state index >= 15 is 0 Å². The van der Waals surface area contributed by atoms with Gasteiger partial charge in [-0.2, -0.15) is 0 Å². The molecule has 1 aromatic carbocycles. The Bertz CT molecular complexity index is 457. The average Bonchev–Trinajstić information content (AvgIpc) is 3.01. The molecule has 0 unspecified atom stereocenters. The molecule has 0 aromatic heterocycles. The van der Waals surface area contributed by atoms with Crippen molar-refractivity contribution in [3.63, 3.8) is 0 Å². The van der Waals surface area contributed by atoms with Crippen LogP contribution in [-0.2, 0) is 4.79 Å². The number of ether oxygens (including phenoxy) is 2. The lowest BCUT2D eigenvalue weighted by molar-refractivity contribution is -0.117. The number of carbonyl (C=O) groups is 1. The van der Waals surface area contributed by atoms with Gasteiger partial charge >= 0.3 is 0 Å². The van der Waals surface area contributed by atoms with Crippen molar-refractivity contribution < 1.29 is 14.3 Å². The number of hydrogen-bond acceptors (Lipinski definition) is 3. The van der Waals surface area contributed by atoms with Crippen LogP contribution in [0.1, 0.15) is 12.8 Å². The predicted octanol–water partition coefficient (Wildman–Crippen LogP) is 2.42. The Morgan fingerprint density at radius 3 is 2.69 bits per heavy atom. The number of carbonyl (C=O) groups excluding carboxylic acids is 1. The summed E-state index contributed by atoms with van der Waals surface area (Å²) < 4.78 is 10.4. The minimum Gasteiger partial charge on any atom is -0.454 e. The second-order valence-electron chi connectivity index (χ2n) is 3.95. The van der Waals surface area contributed by atoms with Gasteiger partial charge in [0.15, 0.2) is 11.5 Å². The van der Waals surface area contributed by atoms with E-state index in [4.69, 9.17) is 21.1 Å². The molecule has 1 N–H and O–H groups in total. The summed E-state index contributed by atoms with van der Waals surface area (Å²) in [5.41, 5.74) is 0.586. The first-order valence-electron chi connectivity index (χ1n) is 5.14. The molecule has 1 aliphatic heterocycles. The van der Waals surface area contributed by atoms with Crippen LogP contribution in [0.4, 0.5) is 5.69 Å². The van der Waals surface area contributed by atoms with Crippen LogP contribution >= 0.6 is 11.6 Å². The molecule has 1 heterocycles. The Morgan fingerprint density at radius 1 is 1.31 bits per heavy atom. The first-order chi connectivity index (χ1) is 7.74. The van der Waals surface area contributed by atoms with E-state index in [-0.39, 0.29) is 18.6 Å². The minimum absolute atomic E-state index is 0.0285. The van der Waals surface area contributed by atoms with Crippen LogP contribution in [0.15, 0.2) is 12.1 Å². The molecule has 1 aliphatic carbocycles. The van der Waals surface area contributed by atoms with Crippen molar-refractivity contribution in [1.82, 2.24) is 0 Å². The van der Waals surface area contributed by atoms with Crippen molar-refractivity contribution in [1.29, 1.82) is 0 Å². The van der Waals surface area contributed by atoms with Gasteiger partial charge in [0.1, 0.15) is 0 Å². The SMILES string of the molecule is O=C(Nc1cc2c(cc1Cl)OCO2)C1CC1. The van der Waals surface area contributed by atoms with Gasteiger partial charge in [0.25, 0.3) is 0 Å². The number of amides is 1. The molecule has 1 saturated carbocycles. The second kappa shape index (κ2) is 3.56. The molecular formula is C11H10ClNO3. The summed E-state index contributed by atoms with van der Waals surface area (Å²) in [6, 6.07) is 3.36. The first-order valence-corrected chi connectivity index (χ1v) is 5.52. The molecule has 2 aliphatic rings. The highest BCUT2D eigenvalue weighted by molar-refractivity contribution is 6.34. The number of rotatable bonds is 2. The molecule has 0 saturated heterocycles. The summed E-state index contributed by atoms with van der Waals surface area (Å²) in [6.45, 7) is 0.200. The number of anilines is 1. The normalized spacial score (nSPS) is 17.3. The molecule has 3 rings (SSSR count). The Kier molecular flexibility index (Phi) is 2.17. The van der Waals surface area contributed by atoms with E-state index < -0.39 is 0 Å². The van der Waals surface area contributed by atoms with Gasteiger partial charge in [-0.1, -0.05) is 11.6 Å². The van der Waals surface area contributed by atoms with Crippen molar-refractivity contribution in [3.8, 4) is 11.5 Å². The highest BCUT2D eigenvalue weighted by Crippen LogP contribution is 2.40. The Hall–Kier alpha value is -1.42. The van der Waals surface area contributed by atoms with Crippen LogP contribution in [0, 0.1) is 5.92 Å². The summed E-state index contributed by atoms with van der Waals surface area (Å²) in [5.74, 6) is 1.42. The molecule has 4 nitrogen and oxygen atoms in total. The Morgan fingerprint density at radius 2 is 2.00 bits per heavy atom. The molecule has 1 amide bonds. The van der Waals surface area contributed by atoms with Gasteiger partial charge in [-0.05, 0) is 12.8 Å². The molecule has 5 heteroatoms. The van der Waals surface area contributed by atoms with E-state index in [1.54, 1.807) is 12.1 Å². The van der Waals surface area contributed by atoms with E-state index in [1.165, 1.54) is 0 Å². The number of fused-ring (bicyclic) bond motifs is 1. The first kappa shape index (κ1) is 9.78. The van der Waals surface area contributed by atoms with Crippen molar-refractivity contribution in [2.75, 3.05) is 12.1 Å². The number of benzene rings is 1. The van der Waals surface area contributed by atoms with Crippen molar-refractivity contribution in [2.24, 2.45) is 5.92 Å². The lowest BCUT2D eigenvalue weighted by atomic mass is 10.2. The third-order valence-corrected chi connectivity index (χ3v) is 2.98. The van der Waals surface area contributed by atoms with Crippen LogP contribution in [-0.4, -0.2) is 12.7 Å². The Balaban J connectivity index is 1.85. The largest absolute Gasteiger partial charge is 0.454 e. The predicted molar refractivity (Wildman–Crippen MR) is 58.9 cm³/mol. The van der Waals surface area contributed by atoms with E-state index in [0.717, 1.165) is 12.8 Å². The van der Waals surface area contributed by atoms with E-state index in [2.05, 4.69) is 5.32 Å². The molecule has 0 spiro atoms. The zero-order chi connectivity index (χ0) is 11.1. The summed E-state index contributed by atoms with van der Waals surface area (Å²) in [6.07, 6.45) is 1.93. The lowest BCUT2D eigenvalue weighted by Crippen LogP contribution is -2.13. The van der Waals surface area contributed by atoms with Gasteiger partial charge in [-0.25, -0.2) is 0 Å². The molecule has 0 bridgehead atoms. The topological polar surface area (TPSA) is 47.6 Å². The monoisotopic (exact) mass is 239 g/mol. The van der Waals surface area contributed by atoms with Crippen LogP contribution in [0.3, 0.4) is 0 Å². The zero-order valence-corrected chi connectivity index (χ0v) is 9.21. The number of halogens is 1. The number of nitrogens with one attached hydrogen (secondary N) is 1. The summed E-state index contributed by atoms with van der Waals surface area (Å²) >= 11 is 6.03. The van der Waals surface area contributed by atoms with Gasteiger partial charge in [-0.15, -0.1) is 0 Å². The van der Waals surface area contributed by atoms with Gasteiger partial charge < -0.3 is 14.8 Å². The fraction of sp³-hybridized carbons (Fsp3) is 0.364. The third kappa shape index (κ3) is 1.69. The maximum absolute atomic E-state index is 11.6. The average molecular weight is 240 g/mol. The molecule has 0 radical (unpaired) electrons. The quantitative estimate of drug-likeness (QED) is 0.862. The Labute approximate surface area is 97.5 Å². The maximum Gasteiger partial charge on any atom is 0.231 e. The molecular weight excluding hydrogens is 230 g/mol. The van der Waals surface area contributed by atoms with Gasteiger partial charge in [0.05, 0.1) is 10.7 Å². The van der Waals surface area contributed by atoms with Crippen LogP contribution in [0.2, 0.25) is 5.02 Å². The second-order valence-corrected chi connectivity index (χ2v) is 4.36. The van der Waals surface area contributed by atoms with E-state index in [1.807, 2.05) is 0 Å². The zero-order valence-electron chi connectivity index (χ0n) is 8.46. The fourth-order valence-electron chi connectivity index (χ4n) is 1.59. The van der Waals surface area contributed by atoms with Crippen molar-refractivity contribution in [3.05, 3.63) is 17.2 Å². The lowest BCUT2D eigenvalue weighted by Gasteiger charge is -2.07. The van der Waals surface area contributed by atoms with Crippen LogP contribution in [0.25, 0.3) is 0 Å². The molecule has 0 atom stereocenters. The molecule has 84 valence electrons. The molecule has 1 aromatic rings. The highest BCUT2D eigenvalue weighted by Gasteiger charge is 2.30. The van der Waals surface area contributed by atoms with E-state index in [0.29, 0.717) is 22.2 Å². The number of hydrogen-bond donors (Lipinski definition) is 1. The van der Waals surface area contributed by atoms with Crippen molar-refractivity contribution >= 4 is 23.2 Å². The maximum atomic E-state index is 11.6. The van der Waals surface area contributed by atoms with Gasteiger partial charge in [-0.3, -0.25) is 4.79 Å². The molecule has 16 heavy (non-hydrogen) atoms. The van der Waals surface area contributed by atoms with Crippen LogP contribution < -0.4 is 14.8 Å². The summed E-state index contributed by atoms with van der Waals surface area (Å²) in [5, 5.41) is 3.27. The smallest absolute Gasteiger partial charge is 0.231 e. The minimum atomic E-state index is 0.0285. The van der Waals surface area contributed by atoms with Gasteiger partial charge in [0, 0.05) is 18.1 Å². The third-order valence-electron chi connectivity index (χ3n) is 2.67.